The number of para-hydroxylation sites is 2. The fraction of sp³-hybridized carbons (Fsp3) is 0.435. The second-order valence-electron chi connectivity index (χ2n) is 8.17. The van der Waals surface area contributed by atoms with E-state index in [1.165, 1.54) is 11.1 Å². The van der Waals surface area contributed by atoms with Gasteiger partial charge in [0.15, 0.2) is 0 Å². The average molecular weight is 378 g/mol. The van der Waals surface area contributed by atoms with Crippen LogP contribution in [0, 0.1) is 0 Å². The Morgan fingerprint density at radius 3 is 2.68 bits per heavy atom. The van der Waals surface area contributed by atoms with Crippen molar-refractivity contribution in [2.75, 3.05) is 37.7 Å². The number of likely N-dealkylation sites (tertiary alicyclic amines) is 1. The molecule has 1 spiro atoms. The molecule has 1 saturated heterocycles. The number of rotatable bonds is 2. The highest BCUT2D eigenvalue weighted by Gasteiger charge is 2.47. The van der Waals surface area contributed by atoms with Gasteiger partial charge in [0.05, 0.1) is 24.9 Å². The van der Waals surface area contributed by atoms with Gasteiger partial charge in [-0.05, 0) is 55.6 Å². The van der Waals surface area contributed by atoms with Crippen molar-refractivity contribution in [1.29, 1.82) is 0 Å². The van der Waals surface area contributed by atoms with Gasteiger partial charge in [-0.3, -0.25) is 9.69 Å². The van der Waals surface area contributed by atoms with E-state index in [9.17, 15) is 9.90 Å². The summed E-state index contributed by atoms with van der Waals surface area (Å²) < 4.78 is 5.67. The number of carbonyl (C=O) groups excluding carboxylic acids is 1. The fourth-order valence-electron chi connectivity index (χ4n) is 5.19. The summed E-state index contributed by atoms with van der Waals surface area (Å²) in [6.45, 7) is 3.23. The Bertz CT molecular complexity index is 889. The molecule has 146 valence electrons. The molecule has 1 N–H and O–H groups in total. The summed E-state index contributed by atoms with van der Waals surface area (Å²) in [4.78, 5) is 17.1. The lowest BCUT2D eigenvalue weighted by Crippen LogP contribution is -2.51. The van der Waals surface area contributed by atoms with E-state index in [2.05, 4.69) is 29.2 Å². The van der Waals surface area contributed by atoms with Crippen molar-refractivity contribution in [3.63, 3.8) is 0 Å². The van der Waals surface area contributed by atoms with Crippen molar-refractivity contribution in [1.82, 2.24) is 4.90 Å². The monoisotopic (exact) mass is 378 g/mol. The number of hydrogen-bond donors (Lipinski definition) is 1. The van der Waals surface area contributed by atoms with Gasteiger partial charge in [-0.15, -0.1) is 0 Å². The number of piperidine rings is 1. The van der Waals surface area contributed by atoms with E-state index in [-0.39, 0.29) is 17.4 Å². The molecule has 2 aromatic carbocycles. The number of aliphatic hydroxyl groups excluding tert-OH is 1. The van der Waals surface area contributed by atoms with Gasteiger partial charge in [-0.2, -0.15) is 0 Å². The summed E-state index contributed by atoms with van der Waals surface area (Å²) in [5.74, 6) is 0.907. The van der Waals surface area contributed by atoms with Crippen LogP contribution in [-0.4, -0.2) is 54.8 Å². The van der Waals surface area contributed by atoms with Crippen molar-refractivity contribution in [3.05, 3.63) is 59.7 Å². The minimum atomic E-state index is -0.311. The lowest BCUT2D eigenvalue weighted by atomic mass is 9.72. The lowest BCUT2D eigenvalue weighted by Gasteiger charge is -2.42. The van der Waals surface area contributed by atoms with Crippen LogP contribution < -0.4 is 9.64 Å². The molecule has 1 fully saturated rings. The van der Waals surface area contributed by atoms with E-state index in [1.54, 1.807) is 0 Å². The summed E-state index contributed by atoms with van der Waals surface area (Å²) in [5.41, 5.74) is 3.33. The molecular weight excluding hydrogens is 352 g/mol. The zero-order valence-corrected chi connectivity index (χ0v) is 16.0. The molecular formula is C23H26N2O3. The van der Waals surface area contributed by atoms with Crippen LogP contribution in [0.4, 0.5) is 5.69 Å². The first-order valence-electron chi connectivity index (χ1n) is 10.2. The number of amides is 1. The fourth-order valence-corrected chi connectivity index (χ4v) is 5.19. The quantitative estimate of drug-likeness (QED) is 0.872. The van der Waals surface area contributed by atoms with Gasteiger partial charge in [-0.25, -0.2) is 0 Å². The second kappa shape index (κ2) is 6.90. The Hall–Kier alpha value is -2.37. The molecule has 1 unspecified atom stereocenters. The summed E-state index contributed by atoms with van der Waals surface area (Å²) >= 11 is 0. The van der Waals surface area contributed by atoms with Crippen molar-refractivity contribution < 1.29 is 14.6 Å². The third kappa shape index (κ3) is 2.81. The predicted molar refractivity (Wildman–Crippen MR) is 108 cm³/mol. The van der Waals surface area contributed by atoms with Gasteiger partial charge in [0.2, 0.25) is 5.91 Å². The van der Waals surface area contributed by atoms with Crippen LogP contribution >= 0.6 is 0 Å². The zero-order chi connectivity index (χ0) is 19.1. The predicted octanol–water partition coefficient (Wildman–Crippen LogP) is 2.36. The SMILES string of the molecule is O=C(CN1CCC2(CC1)c1ccccc1CC2O)N1CCOc2ccccc21. The highest BCUT2D eigenvalue weighted by molar-refractivity contribution is 5.96. The van der Waals surface area contributed by atoms with Crippen LogP contribution in [-0.2, 0) is 16.6 Å². The minimum Gasteiger partial charge on any atom is -0.490 e. The van der Waals surface area contributed by atoms with Gasteiger partial charge < -0.3 is 14.7 Å². The number of nitrogens with zero attached hydrogens (tertiary/aromatic N) is 2. The van der Waals surface area contributed by atoms with Crippen LogP contribution in [0.1, 0.15) is 24.0 Å². The largest absolute Gasteiger partial charge is 0.490 e. The van der Waals surface area contributed by atoms with E-state index in [4.69, 9.17) is 4.74 Å². The maximum absolute atomic E-state index is 13.0. The standard InChI is InChI=1S/C23H26N2O3/c26-21-15-17-5-1-2-6-18(17)23(21)9-11-24(12-10-23)16-22(27)25-13-14-28-20-8-4-3-7-19(20)25/h1-8,21,26H,9-16H2. The van der Waals surface area contributed by atoms with Crippen LogP contribution in [0.15, 0.2) is 48.5 Å². The van der Waals surface area contributed by atoms with E-state index < -0.39 is 0 Å². The highest BCUT2D eigenvalue weighted by atomic mass is 16.5. The first-order chi connectivity index (χ1) is 13.7. The summed E-state index contributed by atoms with van der Waals surface area (Å²) in [6, 6.07) is 16.2. The van der Waals surface area contributed by atoms with Crippen LogP contribution in [0.5, 0.6) is 5.75 Å². The summed E-state index contributed by atoms with van der Waals surface area (Å²) in [6.07, 6.45) is 2.24. The number of aliphatic hydroxyl groups is 1. The molecule has 1 aliphatic carbocycles. The maximum Gasteiger partial charge on any atom is 0.241 e. The van der Waals surface area contributed by atoms with Crippen LogP contribution in [0.2, 0.25) is 0 Å². The molecule has 0 aromatic heterocycles. The summed E-state index contributed by atoms with van der Waals surface area (Å²) in [5, 5.41) is 10.8. The molecule has 5 rings (SSSR count). The van der Waals surface area contributed by atoms with Gasteiger partial charge in [0.25, 0.3) is 0 Å². The number of anilines is 1. The number of fused-ring (bicyclic) bond motifs is 3. The molecule has 2 aliphatic heterocycles. The highest BCUT2D eigenvalue weighted by Crippen LogP contribution is 2.46. The molecule has 3 aliphatic rings. The number of ether oxygens (including phenoxy) is 1. The van der Waals surface area contributed by atoms with Crippen molar-refractivity contribution in [2.24, 2.45) is 0 Å². The zero-order valence-electron chi connectivity index (χ0n) is 16.0. The molecule has 0 saturated carbocycles. The smallest absolute Gasteiger partial charge is 0.241 e. The molecule has 0 bridgehead atoms. The van der Waals surface area contributed by atoms with Gasteiger partial charge in [-0.1, -0.05) is 36.4 Å². The Kier molecular flexibility index (Phi) is 4.37. The molecule has 0 radical (unpaired) electrons. The van der Waals surface area contributed by atoms with E-state index in [1.807, 2.05) is 29.2 Å². The average Bonchev–Trinajstić information content (AvgIpc) is 3.00. The molecule has 5 nitrogen and oxygen atoms in total. The van der Waals surface area contributed by atoms with Gasteiger partial charge >= 0.3 is 0 Å². The molecule has 28 heavy (non-hydrogen) atoms. The topological polar surface area (TPSA) is 53.0 Å². The third-order valence-electron chi connectivity index (χ3n) is 6.74. The van der Waals surface area contributed by atoms with E-state index >= 15 is 0 Å². The van der Waals surface area contributed by atoms with Crippen LogP contribution in [0.3, 0.4) is 0 Å². The first-order valence-corrected chi connectivity index (χ1v) is 10.2. The van der Waals surface area contributed by atoms with Crippen molar-refractivity contribution in [3.8, 4) is 5.75 Å². The van der Waals surface area contributed by atoms with Crippen molar-refractivity contribution >= 4 is 11.6 Å². The Morgan fingerprint density at radius 1 is 1.07 bits per heavy atom. The summed E-state index contributed by atoms with van der Waals surface area (Å²) in [7, 11) is 0. The number of hydrogen-bond acceptors (Lipinski definition) is 4. The second-order valence-corrected chi connectivity index (χ2v) is 8.17. The molecule has 2 aromatic rings. The molecule has 1 atom stereocenters. The third-order valence-corrected chi connectivity index (χ3v) is 6.74. The van der Waals surface area contributed by atoms with E-state index in [0.717, 1.165) is 43.8 Å². The van der Waals surface area contributed by atoms with Crippen molar-refractivity contribution in [2.45, 2.75) is 30.8 Å². The Balaban J connectivity index is 1.27. The lowest BCUT2D eigenvalue weighted by molar-refractivity contribution is -0.120. The molecule has 5 heteroatoms. The Morgan fingerprint density at radius 2 is 1.82 bits per heavy atom. The molecule has 1 amide bonds. The van der Waals surface area contributed by atoms with Gasteiger partial charge in [0, 0.05) is 5.41 Å². The van der Waals surface area contributed by atoms with Crippen LogP contribution in [0.25, 0.3) is 0 Å². The number of benzene rings is 2. The van der Waals surface area contributed by atoms with Gasteiger partial charge in [0.1, 0.15) is 12.4 Å². The normalized spacial score (nSPS) is 23.2. The first kappa shape index (κ1) is 17.7. The number of carbonyl (C=O) groups is 1. The van der Waals surface area contributed by atoms with E-state index in [0.29, 0.717) is 19.7 Å². The minimum absolute atomic E-state index is 0.124. The maximum atomic E-state index is 13.0. The Labute approximate surface area is 165 Å². The molecule has 2 heterocycles.